The molecule has 0 saturated carbocycles. The van der Waals surface area contributed by atoms with Crippen LogP contribution in [0.25, 0.3) is 11.1 Å². The van der Waals surface area contributed by atoms with Gasteiger partial charge in [0.1, 0.15) is 11.6 Å². The Kier molecular flexibility index (Phi) is 10.3. The van der Waals surface area contributed by atoms with Crippen LogP contribution in [0.15, 0.2) is 76.3 Å². The first-order chi connectivity index (χ1) is 22.5. The van der Waals surface area contributed by atoms with E-state index in [0.717, 1.165) is 44.9 Å². The van der Waals surface area contributed by atoms with Gasteiger partial charge < -0.3 is 15.2 Å². The molecule has 2 heterocycles. The first kappa shape index (κ1) is 33.6. The number of halogens is 4. The van der Waals surface area contributed by atoms with Crippen molar-refractivity contribution in [1.82, 2.24) is 14.5 Å². The zero-order valence-corrected chi connectivity index (χ0v) is 25.8. The van der Waals surface area contributed by atoms with Crippen LogP contribution in [0.3, 0.4) is 0 Å². The number of carboxylic acids is 1. The number of aromatic nitrogens is 2. The molecule has 248 valence electrons. The minimum Gasteiger partial charge on any atom is -0.494 e. The fraction of sp³-hybridized carbons (Fsp3) is 0.343. The molecular formula is C35H35F4N3O5. The van der Waals surface area contributed by atoms with Crippen molar-refractivity contribution in [2.45, 2.75) is 64.3 Å². The van der Waals surface area contributed by atoms with Crippen LogP contribution in [0.2, 0.25) is 0 Å². The molecule has 1 aliphatic heterocycles. The van der Waals surface area contributed by atoms with Crippen molar-refractivity contribution >= 4 is 5.97 Å². The normalized spacial score (nSPS) is 14.5. The number of hydrogen-bond acceptors (Lipinski definition) is 5. The standard InChI is InChI=1S/C35H35F4N3O5/c1-22-32(24-10-7-11-25(19-24)47-18-6-2-3-15-31(43)44)33(45)42(21-30-26-12-5-4-9-23(26)16-17-40-30)34(46)41(22)20-27-28(35(37,38)39)13-8-14-29(27)36/h4-5,7-14,19,30,40H,2-3,6,15-18,20-21H2,1H3,(H,43,44). The highest BCUT2D eigenvalue weighted by Gasteiger charge is 2.35. The van der Waals surface area contributed by atoms with Gasteiger partial charge in [-0.3, -0.25) is 18.7 Å². The Hall–Kier alpha value is -4.71. The lowest BCUT2D eigenvalue weighted by Gasteiger charge is -2.28. The van der Waals surface area contributed by atoms with Crippen molar-refractivity contribution in [3.8, 4) is 16.9 Å². The van der Waals surface area contributed by atoms with Crippen LogP contribution in [0, 0.1) is 12.7 Å². The van der Waals surface area contributed by atoms with Crippen LogP contribution in [-0.2, 0) is 30.5 Å². The fourth-order valence-electron chi connectivity index (χ4n) is 6.05. The molecule has 0 bridgehead atoms. The highest BCUT2D eigenvalue weighted by molar-refractivity contribution is 5.67. The summed E-state index contributed by atoms with van der Waals surface area (Å²) >= 11 is 0. The smallest absolute Gasteiger partial charge is 0.416 e. The third-order valence-electron chi connectivity index (χ3n) is 8.44. The lowest BCUT2D eigenvalue weighted by atomic mass is 9.94. The number of nitrogens with one attached hydrogen (secondary N) is 1. The van der Waals surface area contributed by atoms with Crippen molar-refractivity contribution in [2.75, 3.05) is 13.2 Å². The van der Waals surface area contributed by atoms with Gasteiger partial charge in [0.15, 0.2) is 0 Å². The maximum Gasteiger partial charge on any atom is 0.416 e. The summed E-state index contributed by atoms with van der Waals surface area (Å²) in [6.07, 6.45) is -2.29. The zero-order chi connectivity index (χ0) is 33.7. The minimum atomic E-state index is -4.87. The molecule has 2 N–H and O–H groups in total. The van der Waals surface area contributed by atoms with Crippen molar-refractivity contribution in [3.05, 3.63) is 121 Å². The molecule has 1 atom stereocenters. The molecule has 12 heteroatoms. The number of benzene rings is 3. The number of carbonyl (C=O) groups is 1. The van der Waals surface area contributed by atoms with E-state index in [1.807, 2.05) is 24.3 Å². The SMILES string of the molecule is Cc1c(-c2cccc(OCCCCCC(=O)O)c2)c(=O)n(CC2NCCc3ccccc32)c(=O)n1Cc1c(F)cccc1C(F)(F)F. The van der Waals surface area contributed by atoms with E-state index >= 15 is 4.39 Å². The Bertz CT molecular complexity index is 1880. The second-order valence-corrected chi connectivity index (χ2v) is 11.5. The summed E-state index contributed by atoms with van der Waals surface area (Å²) in [6, 6.07) is 16.4. The maximum atomic E-state index is 15.0. The number of carboxylic acid groups (broad SMARTS) is 1. The largest absolute Gasteiger partial charge is 0.494 e. The zero-order valence-electron chi connectivity index (χ0n) is 25.8. The predicted molar refractivity (Wildman–Crippen MR) is 168 cm³/mol. The van der Waals surface area contributed by atoms with Gasteiger partial charge in [-0.05, 0) is 80.1 Å². The van der Waals surface area contributed by atoms with E-state index in [0.29, 0.717) is 43.7 Å². The van der Waals surface area contributed by atoms with Gasteiger partial charge in [-0.1, -0.05) is 42.5 Å². The Morgan fingerprint density at radius 2 is 1.77 bits per heavy atom. The Labute approximate surface area is 268 Å². The summed E-state index contributed by atoms with van der Waals surface area (Å²) < 4.78 is 64.8. The molecule has 1 unspecified atom stereocenters. The molecule has 4 aromatic rings. The number of aliphatic carboxylic acids is 1. The van der Waals surface area contributed by atoms with Gasteiger partial charge in [0.2, 0.25) is 0 Å². The molecule has 47 heavy (non-hydrogen) atoms. The van der Waals surface area contributed by atoms with Crippen LogP contribution in [-0.4, -0.2) is 33.4 Å². The monoisotopic (exact) mass is 653 g/mol. The van der Waals surface area contributed by atoms with E-state index in [1.165, 1.54) is 6.92 Å². The van der Waals surface area contributed by atoms with Crippen LogP contribution < -0.4 is 21.3 Å². The molecule has 0 fully saturated rings. The van der Waals surface area contributed by atoms with E-state index < -0.39 is 52.9 Å². The molecule has 1 aromatic heterocycles. The van der Waals surface area contributed by atoms with E-state index in [9.17, 15) is 27.6 Å². The molecule has 0 radical (unpaired) electrons. The predicted octanol–water partition coefficient (Wildman–Crippen LogP) is 6.10. The van der Waals surface area contributed by atoms with Gasteiger partial charge in [0.25, 0.3) is 5.56 Å². The van der Waals surface area contributed by atoms with Crippen molar-refractivity contribution < 1.29 is 32.2 Å². The second kappa shape index (κ2) is 14.4. The van der Waals surface area contributed by atoms with Gasteiger partial charge >= 0.3 is 17.8 Å². The molecular weight excluding hydrogens is 618 g/mol. The maximum absolute atomic E-state index is 15.0. The summed E-state index contributed by atoms with van der Waals surface area (Å²) in [5.74, 6) is -1.57. The molecule has 0 amide bonds. The number of unbranched alkanes of at least 4 members (excludes halogenated alkanes) is 2. The molecule has 1 aliphatic rings. The van der Waals surface area contributed by atoms with Crippen molar-refractivity contribution in [1.29, 1.82) is 0 Å². The highest BCUT2D eigenvalue weighted by Crippen LogP contribution is 2.34. The van der Waals surface area contributed by atoms with E-state index in [4.69, 9.17) is 9.84 Å². The second-order valence-electron chi connectivity index (χ2n) is 11.5. The van der Waals surface area contributed by atoms with Crippen molar-refractivity contribution in [2.24, 2.45) is 0 Å². The van der Waals surface area contributed by atoms with Gasteiger partial charge in [0, 0.05) is 17.7 Å². The summed E-state index contributed by atoms with van der Waals surface area (Å²) in [6.45, 7) is 1.51. The number of nitrogens with zero attached hydrogens (tertiary/aromatic N) is 2. The molecule has 0 aliphatic carbocycles. The van der Waals surface area contributed by atoms with E-state index in [-0.39, 0.29) is 24.2 Å². The fourth-order valence-corrected chi connectivity index (χ4v) is 6.05. The molecule has 5 rings (SSSR count). The van der Waals surface area contributed by atoms with Gasteiger partial charge in [-0.2, -0.15) is 13.2 Å². The average Bonchev–Trinajstić information content (AvgIpc) is 3.03. The number of alkyl halides is 3. The van der Waals surface area contributed by atoms with E-state index in [2.05, 4.69) is 5.32 Å². The van der Waals surface area contributed by atoms with Crippen LogP contribution in [0.5, 0.6) is 5.75 Å². The molecule has 8 nitrogen and oxygen atoms in total. The Morgan fingerprint density at radius 3 is 2.53 bits per heavy atom. The average molecular weight is 654 g/mol. The molecule has 3 aromatic carbocycles. The van der Waals surface area contributed by atoms with Crippen LogP contribution in [0.4, 0.5) is 17.6 Å². The topological polar surface area (TPSA) is 103 Å². The number of fused-ring (bicyclic) bond motifs is 1. The third-order valence-corrected chi connectivity index (χ3v) is 8.44. The highest BCUT2D eigenvalue weighted by atomic mass is 19.4. The first-order valence-corrected chi connectivity index (χ1v) is 15.4. The summed E-state index contributed by atoms with van der Waals surface area (Å²) in [5, 5.41) is 12.2. The van der Waals surface area contributed by atoms with Crippen molar-refractivity contribution in [3.63, 3.8) is 0 Å². The third kappa shape index (κ3) is 7.65. The van der Waals surface area contributed by atoms with Gasteiger partial charge in [0.05, 0.1) is 36.9 Å². The summed E-state index contributed by atoms with van der Waals surface area (Å²) in [7, 11) is 0. The summed E-state index contributed by atoms with van der Waals surface area (Å²) in [5.41, 5.74) is -0.903. The van der Waals surface area contributed by atoms with Gasteiger partial charge in [-0.25, -0.2) is 9.18 Å². The number of rotatable bonds is 12. The minimum absolute atomic E-state index is 0.0655. The van der Waals surface area contributed by atoms with Crippen LogP contribution in [0.1, 0.15) is 59.7 Å². The van der Waals surface area contributed by atoms with E-state index in [1.54, 1.807) is 24.3 Å². The van der Waals surface area contributed by atoms with Gasteiger partial charge in [-0.15, -0.1) is 0 Å². The quantitative estimate of drug-likeness (QED) is 0.142. The number of ether oxygens (including phenoxy) is 1. The van der Waals surface area contributed by atoms with Crippen LogP contribution >= 0.6 is 0 Å². The molecule has 0 spiro atoms. The summed E-state index contributed by atoms with van der Waals surface area (Å²) in [4.78, 5) is 38.9. The lowest BCUT2D eigenvalue weighted by molar-refractivity contribution is -0.138. The first-order valence-electron chi connectivity index (χ1n) is 15.4. The number of hydrogen-bond donors (Lipinski definition) is 2. The Morgan fingerprint density at radius 1 is 1.00 bits per heavy atom. The molecule has 0 saturated heterocycles. The lowest BCUT2D eigenvalue weighted by Crippen LogP contribution is -2.45. The Balaban J connectivity index is 1.58.